The highest BCUT2D eigenvalue weighted by atomic mass is 32.2. The number of ether oxygens (including phenoxy) is 2. The SMILES string of the molecule is COC(=O)[C@]1(S(=O)(=O)c2ccccc2)C[C@H](OC)CN1N1CCCCC1. The number of hydrogen-bond donors (Lipinski definition) is 0. The summed E-state index contributed by atoms with van der Waals surface area (Å²) in [4.78, 5) is 11.3. The van der Waals surface area contributed by atoms with E-state index in [2.05, 4.69) is 0 Å². The van der Waals surface area contributed by atoms with Gasteiger partial charge in [0.05, 0.1) is 18.1 Å². The van der Waals surface area contributed by atoms with E-state index in [1.807, 2.05) is 5.01 Å². The van der Waals surface area contributed by atoms with Gasteiger partial charge in [-0.2, -0.15) is 0 Å². The molecule has 7 nitrogen and oxygen atoms in total. The molecule has 0 radical (unpaired) electrons. The first-order valence-corrected chi connectivity index (χ1v) is 10.4. The van der Waals surface area contributed by atoms with Gasteiger partial charge in [-0.25, -0.2) is 23.2 Å². The van der Waals surface area contributed by atoms with Crippen LogP contribution < -0.4 is 0 Å². The molecule has 0 spiro atoms. The number of rotatable bonds is 5. The van der Waals surface area contributed by atoms with Crippen LogP contribution in [0.3, 0.4) is 0 Å². The second-order valence-corrected chi connectivity index (χ2v) is 8.90. The van der Waals surface area contributed by atoms with Crippen molar-refractivity contribution in [1.29, 1.82) is 0 Å². The van der Waals surface area contributed by atoms with Crippen molar-refractivity contribution in [2.75, 3.05) is 33.9 Å². The molecule has 0 unspecified atom stereocenters. The standard InChI is InChI=1S/C18H26N2O5S/c1-24-15-13-18(17(21)25-2,20(14-15)19-11-7-4-8-12-19)26(22,23)16-9-5-3-6-10-16/h3,5-6,9-10,15H,4,7-8,11-14H2,1-2H3/t15-,18+/m0/s1. The van der Waals surface area contributed by atoms with Crippen LogP contribution in [0.2, 0.25) is 0 Å². The van der Waals surface area contributed by atoms with E-state index in [0.29, 0.717) is 6.54 Å². The molecule has 3 rings (SSSR count). The Labute approximate surface area is 154 Å². The number of methoxy groups -OCH3 is 2. The second kappa shape index (κ2) is 7.64. The Hall–Kier alpha value is -1.48. The Morgan fingerprint density at radius 1 is 1.12 bits per heavy atom. The molecular formula is C18H26N2O5S. The van der Waals surface area contributed by atoms with Gasteiger partial charge in [-0.05, 0) is 25.0 Å². The Kier molecular flexibility index (Phi) is 5.67. The van der Waals surface area contributed by atoms with Gasteiger partial charge in [0.1, 0.15) is 0 Å². The lowest BCUT2D eigenvalue weighted by Crippen LogP contribution is -2.63. The van der Waals surface area contributed by atoms with E-state index in [0.717, 1.165) is 32.4 Å². The molecular weight excluding hydrogens is 356 g/mol. The van der Waals surface area contributed by atoms with Crippen LogP contribution in [0.15, 0.2) is 35.2 Å². The zero-order chi connectivity index (χ0) is 18.8. The van der Waals surface area contributed by atoms with Gasteiger partial charge in [0, 0.05) is 33.2 Å². The molecule has 2 aliphatic rings. The van der Waals surface area contributed by atoms with Gasteiger partial charge in [0.2, 0.25) is 14.7 Å². The number of nitrogens with zero attached hydrogens (tertiary/aromatic N) is 2. The van der Waals surface area contributed by atoms with E-state index >= 15 is 0 Å². The summed E-state index contributed by atoms with van der Waals surface area (Å²) in [5.41, 5.74) is 0. The molecule has 26 heavy (non-hydrogen) atoms. The van der Waals surface area contributed by atoms with Crippen LogP contribution in [-0.4, -0.2) is 69.2 Å². The van der Waals surface area contributed by atoms with Gasteiger partial charge in [-0.15, -0.1) is 0 Å². The topological polar surface area (TPSA) is 76.1 Å². The summed E-state index contributed by atoms with van der Waals surface area (Å²) in [7, 11) is -1.25. The normalized spacial score (nSPS) is 28.2. The third kappa shape index (κ3) is 3.05. The molecule has 8 heteroatoms. The van der Waals surface area contributed by atoms with Crippen molar-refractivity contribution in [3.8, 4) is 0 Å². The summed E-state index contributed by atoms with van der Waals surface area (Å²) in [5.74, 6) is -0.758. The number of carbonyl (C=O) groups is 1. The van der Waals surface area contributed by atoms with Crippen LogP contribution >= 0.6 is 0 Å². The average Bonchev–Trinajstić information content (AvgIpc) is 3.10. The number of sulfone groups is 1. The highest BCUT2D eigenvalue weighted by Gasteiger charge is 2.63. The molecule has 2 fully saturated rings. The molecule has 0 saturated carbocycles. The molecule has 0 amide bonds. The van der Waals surface area contributed by atoms with Crippen LogP contribution in [0.4, 0.5) is 0 Å². The molecule has 0 aromatic heterocycles. The molecule has 2 saturated heterocycles. The van der Waals surface area contributed by atoms with E-state index in [9.17, 15) is 13.2 Å². The maximum atomic E-state index is 13.6. The first kappa shape index (κ1) is 19.3. The highest BCUT2D eigenvalue weighted by molar-refractivity contribution is 7.93. The van der Waals surface area contributed by atoms with Crippen molar-refractivity contribution in [2.24, 2.45) is 0 Å². The fourth-order valence-corrected chi connectivity index (χ4v) is 6.02. The monoisotopic (exact) mass is 382 g/mol. The van der Waals surface area contributed by atoms with Crippen LogP contribution in [-0.2, 0) is 24.1 Å². The van der Waals surface area contributed by atoms with Gasteiger partial charge >= 0.3 is 5.97 Å². The number of esters is 1. The van der Waals surface area contributed by atoms with Crippen molar-refractivity contribution >= 4 is 15.8 Å². The molecule has 2 aliphatic heterocycles. The van der Waals surface area contributed by atoms with Crippen molar-refractivity contribution in [2.45, 2.75) is 41.6 Å². The molecule has 0 bridgehead atoms. The molecule has 2 heterocycles. The number of piperidine rings is 1. The smallest absolute Gasteiger partial charge is 0.343 e. The predicted molar refractivity (Wildman–Crippen MR) is 95.9 cm³/mol. The molecule has 0 N–H and O–H groups in total. The summed E-state index contributed by atoms with van der Waals surface area (Å²) >= 11 is 0. The minimum Gasteiger partial charge on any atom is -0.467 e. The maximum absolute atomic E-state index is 13.6. The summed E-state index contributed by atoms with van der Waals surface area (Å²) in [6.07, 6.45) is 2.72. The zero-order valence-electron chi connectivity index (χ0n) is 15.3. The Morgan fingerprint density at radius 2 is 1.77 bits per heavy atom. The third-order valence-corrected chi connectivity index (χ3v) is 7.63. The molecule has 1 aromatic carbocycles. The van der Waals surface area contributed by atoms with Gasteiger partial charge in [0.15, 0.2) is 0 Å². The first-order chi connectivity index (χ1) is 12.5. The molecule has 144 valence electrons. The Balaban J connectivity index is 2.14. The second-order valence-electron chi connectivity index (χ2n) is 6.75. The lowest BCUT2D eigenvalue weighted by molar-refractivity contribution is -0.159. The van der Waals surface area contributed by atoms with Gasteiger partial charge in [-0.3, -0.25) is 0 Å². The number of carbonyl (C=O) groups excluding carboxylic acids is 1. The van der Waals surface area contributed by atoms with E-state index < -0.39 is 20.7 Å². The fraction of sp³-hybridized carbons (Fsp3) is 0.611. The minimum absolute atomic E-state index is 0.0455. The number of hydrazine groups is 1. The van der Waals surface area contributed by atoms with E-state index in [1.54, 1.807) is 30.3 Å². The maximum Gasteiger partial charge on any atom is 0.343 e. The van der Waals surface area contributed by atoms with Crippen LogP contribution in [0.25, 0.3) is 0 Å². The van der Waals surface area contributed by atoms with Crippen molar-refractivity contribution in [1.82, 2.24) is 10.0 Å². The average molecular weight is 382 g/mol. The zero-order valence-corrected chi connectivity index (χ0v) is 16.1. The van der Waals surface area contributed by atoms with E-state index in [4.69, 9.17) is 9.47 Å². The number of benzene rings is 1. The van der Waals surface area contributed by atoms with E-state index in [1.165, 1.54) is 19.2 Å². The highest BCUT2D eigenvalue weighted by Crippen LogP contribution is 2.42. The lowest BCUT2D eigenvalue weighted by Gasteiger charge is -2.43. The summed E-state index contributed by atoms with van der Waals surface area (Å²) < 4.78 is 37.8. The van der Waals surface area contributed by atoms with Crippen molar-refractivity contribution in [3.63, 3.8) is 0 Å². The molecule has 0 aliphatic carbocycles. The summed E-state index contributed by atoms with van der Waals surface area (Å²) in [5, 5.41) is 3.68. The van der Waals surface area contributed by atoms with Crippen LogP contribution in [0, 0.1) is 0 Å². The summed E-state index contributed by atoms with van der Waals surface area (Å²) in [6, 6.07) is 8.11. The summed E-state index contributed by atoms with van der Waals surface area (Å²) in [6.45, 7) is 1.79. The van der Waals surface area contributed by atoms with Crippen LogP contribution in [0.1, 0.15) is 25.7 Å². The third-order valence-electron chi connectivity index (χ3n) is 5.31. The van der Waals surface area contributed by atoms with Crippen molar-refractivity contribution < 1.29 is 22.7 Å². The van der Waals surface area contributed by atoms with Gasteiger partial charge in [-0.1, -0.05) is 24.6 Å². The predicted octanol–water partition coefficient (Wildman–Crippen LogP) is 1.45. The lowest BCUT2D eigenvalue weighted by atomic mass is 10.1. The quantitative estimate of drug-likeness (QED) is 0.714. The van der Waals surface area contributed by atoms with Gasteiger partial charge < -0.3 is 9.47 Å². The largest absolute Gasteiger partial charge is 0.467 e. The van der Waals surface area contributed by atoms with Crippen molar-refractivity contribution in [3.05, 3.63) is 30.3 Å². The Bertz CT molecular complexity index is 733. The minimum atomic E-state index is -4.02. The molecule has 1 aromatic rings. The van der Waals surface area contributed by atoms with Crippen LogP contribution in [0.5, 0.6) is 0 Å². The Morgan fingerprint density at radius 3 is 2.35 bits per heavy atom. The first-order valence-electron chi connectivity index (χ1n) is 8.91. The van der Waals surface area contributed by atoms with E-state index in [-0.39, 0.29) is 17.4 Å². The van der Waals surface area contributed by atoms with Gasteiger partial charge in [0.25, 0.3) is 0 Å². The fourth-order valence-electron chi connectivity index (χ4n) is 3.94. The molecule has 2 atom stereocenters. The number of hydrogen-bond acceptors (Lipinski definition) is 7.